The van der Waals surface area contributed by atoms with Crippen LogP contribution in [0, 0.1) is 0 Å². The van der Waals surface area contributed by atoms with Crippen molar-refractivity contribution in [3.63, 3.8) is 0 Å². The lowest BCUT2D eigenvalue weighted by Crippen LogP contribution is -2.16. The number of hydrogen-bond donors (Lipinski definition) is 0. The molecule has 2 nitrogen and oxygen atoms in total. The van der Waals surface area contributed by atoms with Crippen LogP contribution in [0.1, 0.15) is 18.6 Å². The van der Waals surface area contributed by atoms with Gasteiger partial charge in [-0.25, -0.2) is 0 Å². The molecule has 2 unspecified atom stereocenters. The SMILES string of the molecule is C=C1OC(C(=C)/C=C\C=C/C)C(c2ccccc2)O1. The topological polar surface area (TPSA) is 18.5 Å². The molecule has 0 saturated carbocycles. The van der Waals surface area contributed by atoms with E-state index in [0.717, 1.165) is 11.1 Å². The van der Waals surface area contributed by atoms with E-state index in [1.165, 1.54) is 0 Å². The maximum absolute atomic E-state index is 5.66. The Morgan fingerprint density at radius 1 is 1.16 bits per heavy atom. The molecule has 19 heavy (non-hydrogen) atoms. The fraction of sp³-hybridized carbons (Fsp3) is 0.176. The minimum Gasteiger partial charge on any atom is -0.453 e. The first-order valence-corrected chi connectivity index (χ1v) is 6.27. The van der Waals surface area contributed by atoms with Crippen molar-refractivity contribution >= 4 is 0 Å². The second kappa shape index (κ2) is 6.10. The van der Waals surface area contributed by atoms with Crippen LogP contribution in [0.5, 0.6) is 0 Å². The Hall–Kier alpha value is -2.22. The minimum atomic E-state index is -0.226. The molecule has 1 aliphatic heterocycles. The highest BCUT2D eigenvalue weighted by atomic mass is 16.7. The summed E-state index contributed by atoms with van der Waals surface area (Å²) < 4.78 is 11.3. The predicted octanol–water partition coefficient (Wildman–Crippen LogP) is 4.30. The third-order valence-corrected chi connectivity index (χ3v) is 2.90. The minimum absolute atomic E-state index is 0.184. The summed E-state index contributed by atoms with van der Waals surface area (Å²) in [6.07, 6.45) is 7.38. The second-order valence-corrected chi connectivity index (χ2v) is 4.32. The summed E-state index contributed by atoms with van der Waals surface area (Å²) in [5.74, 6) is 0.347. The standard InChI is InChI=1S/C17H18O2/c1-4-5-7-10-13(2)16-17(19-14(3)18-16)15-11-8-6-9-12-15/h4-12,16-17H,2-3H2,1H3/b5-4-,10-7-. The molecule has 2 atom stereocenters. The number of benzene rings is 1. The number of rotatable bonds is 4. The van der Waals surface area contributed by atoms with Crippen LogP contribution in [0.2, 0.25) is 0 Å². The van der Waals surface area contributed by atoms with Gasteiger partial charge in [-0.2, -0.15) is 0 Å². The molecule has 1 heterocycles. The van der Waals surface area contributed by atoms with Gasteiger partial charge < -0.3 is 9.47 Å². The van der Waals surface area contributed by atoms with Gasteiger partial charge in [0.2, 0.25) is 0 Å². The van der Waals surface area contributed by atoms with Gasteiger partial charge in [-0.1, -0.05) is 61.2 Å². The van der Waals surface area contributed by atoms with E-state index in [9.17, 15) is 0 Å². The molecule has 1 fully saturated rings. The van der Waals surface area contributed by atoms with E-state index in [-0.39, 0.29) is 12.2 Å². The van der Waals surface area contributed by atoms with Crippen LogP contribution < -0.4 is 0 Å². The molecular weight excluding hydrogens is 236 g/mol. The number of ether oxygens (including phenoxy) is 2. The highest BCUT2D eigenvalue weighted by molar-refractivity contribution is 5.30. The molecule has 0 amide bonds. The molecule has 1 saturated heterocycles. The fourth-order valence-electron chi connectivity index (χ4n) is 1.98. The molecular formula is C17H18O2. The van der Waals surface area contributed by atoms with Gasteiger partial charge in [-0.3, -0.25) is 0 Å². The first-order chi connectivity index (χ1) is 9.22. The molecule has 1 aromatic rings. The highest BCUT2D eigenvalue weighted by Gasteiger charge is 2.35. The van der Waals surface area contributed by atoms with E-state index >= 15 is 0 Å². The lowest BCUT2D eigenvalue weighted by molar-refractivity contribution is 0.144. The quantitative estimate of drug-likeness (QED) is 0.746. The van der Waals surface area contributed by atoms with Crippen LogP contribution in [0.15, 0.2) is 79.3 Å². The second-order valence-electron chi connectivity index (χ2n) is 4.32. The van der Waals surface area contributed by atoms with Crippen LogP contribution >= 0.6 is 0 Å². The summed E-state index contributed by atoms with van der Waals surface area (Å²) in [6, 6.07) is 9.97. The van der Waals surface area contributed by atoms with Crippen molar-refractivity contribution in [2.24, 2.45) is 0 Å². The molecule has 1 aromatic carbocycles. The summed E-state index contributed by atoms with van der Waals surface area (Å²) >= 11 is 0. The third kappa shape index (κ3) is 3.16. The Kier molecular flexibility index (Phi) is 4.24. The van der Waals surface area contributed by atoms with Gasteiger partial charge in [0.05, 0.1) is 0 Å². The van der Waals surface area contributed by atoms with Crippen LogP contribution in [-0.4, -0.2) is 6.10 Å². The summed E-state index contributed by atoms with van der Waals surface area (Å²) in [4.78, 5) is 0. The lowest BCUT2D eigenvalue weighted by Gasteiger charge is -2.16. The lowest BCUT2D eigenvalue weighted by atomic mass is 9.99. The molecule has 98 valence electrons. The molecule has 2 heteroatoms. The van der Waals surface area contributed by atoms with Gasteiger partial charge in [-0.15, -0.1) is 0 Å². The predicted molar refractivity (Wildman–Crippen MR) is 77.4 cm³/mol. The average molecular weight is 254 g/mol. The van der Waals surface area contributed by atoms with E-state index in [1.54, 1.807) is 0 Å². The Labute approximate surface area is 114 Å². The van der Waals surface area contributed by atoms with Crippen molar-refractivity contribution in [1.82, 2.24) is 0 Å². The average Bonchev–Trinajstić information content (AvgIpc) is 2.82. The van der Waals surface area contributed by atoms with Crippen molar-refractivity contribution in [3.05, 3.63) is 84.9 Å². The molecule has 0 radical (unpaired) electrons. The number of allylic oxidation sites excluding steroid dienone is 3. The van der Waals surface area contributed by atoms with E-state index in [1.807, 2.05) is 61.6 Å². The van der Waals surface area contributed by atoms with Gasteiger partial charge in [-0.05, 0) is 24.6 Å². The monoisotopic (exact) mass is 254 g/mol. The maximum atomic E-state index is 5.66. The van der Waals surface area contributed by atoms with E-state index in [4.69, 9.17) is 9.47 Å². The Balaban J connectivity index is 2.18. The largest absolute Gasteiger partial charge is 0.453 e. The van der Waals surface area contributed by atoms with E-state index in [0.29, 0.717) is 5.95 Å². The van der Waals surface area contributed by atoms with Crippen molar-refractivity contribution in [2.75, 3.05) is 0 Å². The first-order valence-electron chi connectivity index (χ1n) is 6.27. The van der Waals surface area contributed by atoms with Gasteiger partial charge >= 0.3 is 0 Å². The van der Waals surface area contributed by atoms with Crippen LogP contribution in [0.4, 0.5) is 0 Å². The molecule has 0 spiro atoms. The summed E-state index contributed by atoms with van der Waals surface area (Å²) in [5.41, 5.74) is 1.93. The first kappa shape index (κ1) is 13.2. The molecule has 2 rings (SSSR count). The zero-order valence-electron chi connectivity index (χ0n) is 11.1. The zero-order chi connectivity index (χ0) is 13.7. The van der Waals surface area contributed by atoms with Crippen LogP contribution in [0.25, 0.3) is 0 Å². The Morgan fingerprint density at radius 2 is 1.89 bits per heavy atom. The van der Waals surface area contributed by atoms with Crippen molar-refractivity contribution < 1.29 is 9.47 Å². The number of hydrogen-bond acceptors (Lipinski definition) is 2. The van der Waals surface area contributed by atoms with Crippen molar-refractivity contribution in [3.8, 4) is 0 Å². The molecule has 0 aromatic heterocycles. The van der Waals surface area contributed by atoms with Crippen molar-refractivity contribution in [1.29, 1.82) is 0 Å². The highest BCUT2D eigenvalue weighted by Crippen LogP contribution is 2.37. The van der Waals surface area contributed by atoms with Crippen LogP contribution in [-0.2, 0) is 9.47 Å². The molecule has 0 aliphatic carbocycles. The maximum Gasteiger partial charge on any atom is 0.273 e. The van der Waals surface area contributed by atoms with Gasteiger partial charge in [0.15, 0.2) is 12.2 Å². The third-order valence-electron chi connectivity index (χ3n) is 2.90. The fourth-order valence-corrected chi connectivity index (χ4v) is 1.98. The van der Waals surface area contributed by atoms with Crippen LogP contribution in [0.3, 0.4) is 0 Å². The molecule has 0 N–H and O–H groups in total. The van der Waals surface area contributed by atoms with Gasteiger partial charge in [0.1, 0.15) is 0 Å². The normalized spacial score (nSPS) is 22.7. The molecule has 1 aliphatic rings. The van der Waals surface area contributed by atoms with E-state index in [2.05, 4.69) is 13.2 Å². The van der Waals surface area contributed by atoms with Crippen molar-refractivity contribution in [2.45, 2.75) is 19.1 Å². The van der Waals surface area contributed by atoms with E-state index < -0.39 is 0 Å². The summed E-state index contributed by atoms with van der Waals surface area (Å²) in [6.45, 7) is 9.76. The Bertz CT molecular complexity index is 511. The zero-order valence-corrected chi connectivity index (χ0v) is 11.1. The Morgan fingerprint density at radius 3 is 2.58 bits per heavy atom. The summed E-state index contributed by atoms with van der Waals surface area (Å²) in [7, 11) is 0. The summed E-state index contributed by atoms with van der Waals surface area (Å²) in [5, 5.41) is 0. The smallest absolute Gasteiger partial charge is 0.273 e. The van der Waals surface area contributed by atoms with Gasteiger partial charge in [0, 0.05) is 0 Å². The van der Waals surface area contributed by atoms with Gasteiger partial charge in [0.25, 0.3) is 5.95 Å². The molecule has 0 bridgehead atoms.